The van der Waals surface area contributed by atoms with Crippen LogP contribution in [0.5, 0.6) is 0 Å². The lowest BCUT2D eigenvalue weighted by molar-refractivity contribution is 0.344. The molecule has 1 heterocycles. The number of benzene rings is 4. The Hall–Kier alpha value is -2.79. The molecule has 0 bridgehead atoms. The molecule has 4 heteroatoms. The van der Waals surface area contributed by atoms with Crippen LogP contribution in [0.2, 0.25) is 0 Å². The molecule has 2 nitrogen and oxygen atoms in total. The average molecular weight is 453 g/mol. The predicted octanol–water partition coefficient (Wildman–Crippen LogP) is 5.01. The maximum absolute atomic E-state index is 6.25. The van der Waals surface area contributed by atoms with Gasteiger partial charge in [-0.05, 0) is 37.1 Å². The van der Waals surface area contributed by atoms with Gasteiger partial charge in [-0.2, -0.15) is 0 Å². The molecule has 0 aromatic heterocycles. The Bertz CT molecular complexity index is 989. The summed E-state index contributed by atoms with van der Waals surface area (Å²) >= 11 is 0. The third kappa shape index (κ3) is 4.53. The Balaban J connectivity index is 1.74. The van der Waals surface area contributed by atoms with Crippen LogP contribution < -0.4 is 21.2 Å². The Morgan fingerprint density at radius 3 is 1.16 bits per heavy atom. The van der Waals surface area contributed by atoms with Crippen molar-refractivity contribution in [3.63, 3.8) is 0 Å². The Morgan fingerprint density at radius 2 is 0.875 bits per heavy atom. The van der Waals surface area contributed by atoms with Crippen LogP contribution in [-0.4, -0.2) is 24.4 Å². The van der Waals surface area contributed by atoms with Gasteiger partial charge < -0.3 is 4.74 Å². The second-order valence-electron chi connectivity index (χ2n) is 7.52. The van der Waals surface area contributed by atoms with Crippen molar-refractivity contribution in [1.82, 2.24) is 0 Å². The van der Waals surface area contributed by atoms with Crippen molar-refractivity contribution in [2.45, 2.75) is 5.40 Å². The van der Waals surface area contributed by atoms with Gasteiger partial charge in [0.2, 0.25) is 0 Å². The molecular weight excluding hydrogens is 428 g/mol. The monoisotopic (exact) mass is 453 g/mol. The highest BCUT2D eigenvalue weighted by atomic mass is 31.2. The van der Waals surface area contributed by atoms with Crippen LogP contribution in [0.4, 0.5) is 0 Å². The lowest BCUT2D eigenvalue weighted by Gasteiger charge is -2.35. The maximum Gasteiger partial charge on any atom is 0.196 e. The van der Waals surface area contributed by atoms with Gasteiger partial charge in [0, 0.05) is 0 Å². The standard InChI is InChI=1S/C28H25NOP2/c1-5-13-23(14-6-1)31(24-15-7-2-8-16-24)28(27-29-21-22-30-27)32(25-17-9-3-10-18-25)26-19-11-4-12-20-26/h1-20,28H,21-22H2. The summed E-state index contributed by atoms with van der Waals surface area (Å²) in [5.74, 6) is 0.919. The van der Waals surface area contributed by atoms with Crippen LogP contribution in [0.3, 0.4) is 0 Å². The summed E-state index contributed by atoms with van der Waals surface area (Å²) in [6, 6.07) is 43.7. The highest BCUT2D eigenvalue weighted by Crippen LogP contribution is 2.57. The van der Waals surface area contributed by atoms with Crippen LogP contribution in [0.15, 0.2) is 126 Å². The fourth-order valence-electron chi connectivity index (χ4n) is 4.06. The second kappa shape index (κ2) is 10.2. The van der Waals surface area contributed by atoms with Gasteiger partial charge in [0.25, 0.3) is 0 Å². The van der Waals surface area contributed by atoms with Crippen LogP contribution in [-0.2, 0) is 4.74 Å². The molecule has 1 aliphatic heterocycles. The van der Waals surface area contributed by atoms with E-state index in [9.17, 15) is 0 Å². The zero-order valence-corrected chi connectivity index (χ0v) is 19.6. The highest BCUT2D eigenvalue weighted by molar-refractivity contribution is 7.90. The van der Waals surface area contributed by atoms with Gasteiger partial charge in [-0.3, -0.25) is 4.99 Å². The summed E-state index contributed by atoms with van der Waals surface area (Å²) in [5, 5.41) is 5.59. The Labute approximate surface area is 192 Å². The molecule has 1 aliphatic rings. The molecule has 0 fully saturated rings. The smallest absolute Gasteiger partial charge is 0.196 e. The third-order valence-corrected chi connectivity index (χ3v) is 11.7. The van der Waals surface area contributed by atoms with Gasteiger partial charge in [-0.25, -0.2) is 0 Å². The van der Waals surface area contributed by atoms with Crippen molar-refractivity contribution in [2.24, 2.45) is 4.99 Å². The van der Waals surface area contributed by atoms with E-state index in [0.29, 0.717) is 6.61 Å². The number of aliphatic imine (C=N–C) groups is 1. The maximum atomic E-state index is 6.25. The zero-order chi connectivity index (χ0) is 21.6. The summed E-state index contributed by atoms with van der Waals surface area (Å²) in [4.78, 5) is 4.91. The van der Waals surface area contributed by atoms with Gasteiger partial charge >= 0.3 is 0 Å². The fraction of sp³-hybridized carbons (Fsp3) is 0.107. The first-order valence-electron chi connectivity index (χ1n) is 10.9. The predicted molar refractivity (Wildman–Crippen MR) is 140 cm³/mol. The minimum absolute atomic E-state index is 0.164. The molecule has 0 radical (unpaired) electrons. The van der Waals surface area contributed by atoms with Gasteiger partial charge in [0.05, 0.1) is 11.9 Å². The molecule has 4 aromatic carbocycles. The first kappa shape index (κ1) is 21.1. The van der Waals surface area contributed by atoms with E-state index >= 15 is 0 Å². The quantitative estimate of drug-likeness (QED) is 0.361. The lowest BCUT2D eigenvalue weighted by Crippen LogP contribution is -2.33. The fourth-order valence-corrected chi connectivity index (χ4v) is 11.0. The van der Waals surface area contributed by atoms with E-state index < -0.39 is 15.8 Å². The molecule has 32 heavy (non-hydrogen) atoms. The van der Waals surface area contributed by atoms with Crippen molar-refractivity contribution in [2.75, 3.05) is 13.2 Å². The largest absolute Gasteiger partial charge is 0.478 e. The second-order valence-corrected chi connectivity index (χ2v) is 12.5. The van der Waals surface area contributed by atoms with E-state index in [-0.39, 0.29) is 5.40 Å². The van der Waals surface area contributed by atoms with Crippen molar-refractivity contribution in [1.29, 1.82) is 0 Å². The summed E-state index contributed by atoms with van der Waals surface area (Å²) in [7, 11) is -1.48. The van der Waals surface area contributed by atoms with Gasteiger partial charge in [0.15, 0.2) is 5.90 Å². The summed E-state index contributed by atoms with van der Waals surface area (Å²) < 4.78 is 6.25. The molecule has 0 spiro atoms. The summed E-state index contributed by atoms with van der Waals surface area (Å²) in [5.41, 5.74) is 0. The van der Waals surface area contributed by atoms with Crippen LogP contribution in [0, 0.1) is 0 Å². The van der Waals surface area contributed by atoms with Gasteiger partial charge in [0.1, 0.15) is 6.61 Å². The molecule has 0 N–H and O–H groups in total. The number of hydrogen-bond acceptors (Lipinski definition) is 2. The van der Waals surface area contributed by atoms with Crippen molar-refractivity contribution in [3.05, 3.63) is 121 Å². The van der Waals surface area contributed by atoms with E-state index in [0.717, 1.165) is 12.4 Å². The lowest BCUT2D eigenvalue weighted by atomic mass is 10.4. The molecule has 0 amide bonds. The highest BCUT2D eigenvalue weighted by Gasteiger charge is 2.39. The summed E-state index contributed by atoms with van der Waals surface area (Å²) in [6.45, 7) is 1.41. The molecule has 0 unspecified atom stereocenters. The minimum atomic E-state index is -0.739. The topological polar surface area (TPSA) is 21.6 Å². The Kier molecular flexibility index (Phi) is 6.73. The minimum Gasteiger partial charge on any atom is -0.478 e. The van der Waals surface area contributed by atoms with Gasteiger partial charge in [-0.1, -0.05) is 121 Å². The van der Waals surface area contributed by atoms with E-state index in [1.807, 2.05) is 0 Å². The van der Waals surface area contributed by atoms with Gasteiger partial charge in [-0.15, -0.1) is 0 Å². The molecule has 158 valence electrons. The molecule has 0 atom stereocenters. The number of rotatable bonds is 7. The SMILES string of the molecule is c1ccc(P(c2ccccc2)C(C2=NCCO2)P(c2ccccc2)c2ccccc2)cc1. The first-order chi connectivity index (χ1) is 15.9. The number of nitrogens with zero attached hydrogens (tertiary/aromatic N) is 1. The molecule has 0 aliphatic carbocycles. The molecular formula is C28H25NOP2. The Morgan fingerprint density at radius 1 is 0.531 bits per heavy atom. The molecule has 5 rings (SSSR count). The average Bonchev–Trinajstić information content (AvgIpc) is 3.41. The van der Waals surface area contributed by atoms with Crippen molar-refractivity contribution >= 4 is 43.0 Å². The van der Waals surface area contributed by atoms with Crippen molar-refractivity contribution < 1.29 is 4.74 Å². The number of hydrogen-bond donors (Lipinski definition) is 0. The van der Waals surface area contributed by atoms with Crippen LogP contribution >= 0.6 is 15.8 Å². The van der Waals surface area contributed by atoms with E-state index in [4.69, 9.17) is 9.73 Å². The van der Waals surface area contributed by atoms with Crippen LogP contribution in [0.1, 0.15) is 0 Å². The van der Waals surface area contributed by atoms with E-state index in [1.165, 1.54) is 21.2 Å². The van der Waals surface area contributed by atoms with E-state index in [1.54, 1.807) is 0 Å². The number of ether oxygens (including phenoxy) is 1. The molecule has 0 saturated heterocycles. The first-order valence-corrected chi connectivity index (χ1v) is 13.7. The zero-order valence-electron chi connectivity index (χ0n) is 17.8. The molecule has 4 aromatic rings. The van der Waals surface area contributed by atoms with Crippen molar-refractivity contribution in [3.8, 4) is 0 Å². The summed E-state index contributed by atoms with van der Waals surface area (Å²) in [6.07, 6.45) is 0. The van der Waals surface area contributed by atoms with E-state index in [2.05, 4.69) is 121 Å². The third-order valence-electron chi connectivity index (χ3n) is 5.46. The normalized spacial score (nSPS) is 13.4. The molecule has 0 saturated carbocycles. The van der Waals surface area contributed by atoms with Crippen LogP contribution in [0.25, 0.3) is 0 Å².